The maximum Gasteiger partial charge on any atom is 0.113 e. The van der Waals surface area contributed by atoms with Gasteiger partial charge < -0.3 is 4.74 Å². The lowest BCUT2D eigenvalue weighted by Crippen LogP contribution is -2.01. The minimum Gasteiger partial charge on any atom is -0.378 e. The average molecular weight is 197 g/mol. The molecule has 1 nitrogen and oxygen atoms in total. The Morgan fingerprint density at radius 3 is 2.36 bits per heavy atom. The Balaban J connectivity index is 1.71. The van der Waals surface area contributed by atoms with E-state index in [4.69, 9.17) is 4.74 Å². The Bertz CT molecular complexity index is 186. The number of rotatable bonds is 4. The fraction of sp³-hybridized carbons (Fsp3) is 0.833. The van der Waals surface area contributed by atoms with Gasteiger partial charge in [0, 0.05) is 0 Å². The first kappa shape index (κ1) is 10.2. The maximum absolute atomic E-state index is 11.8. The number of halogens is 1. The zero-order valence-corrected chi connectivity index (χ0v) is 8.62. The van der Waals surface area contributed by atoms with E-state index in [1.165, 1.54) is 25.7 Å². The van der Waals surface area contributed by atoms with Crippen molar-refractivity contribution in [1.82, 2.24) is 0 Å². The molecule has 2 rings (SSSR count). The first-order valence-electron chi connectivity index (χ1n) is 5.72. The number of hydrogen-bond donors (Lipinski definition) is 0. The van der Waals surface area contributed by atoms with Gasteiger partial charge in [0.15, 0.2) is 0 Å². The molecule has 0 bridgehead atoms. The third-order valence-corrected chi connectivity index (χ3v) is 3.54. The Morgan fingerprint density at radius 1 is 1.14 bits per heavy atom. The third-order valence-electron chi connectivity index (χ3n) is 3.54. The summed E-state index contributed by atoms with van der Waals surface area (Å²) in [4.78, 5) is 0. The molecule has 80 valence electrons. The van der Waals surface area contributed by atoms with Crippen LogP contribution in [0.5, 0.6) is 0 Å². The molecule has 14 heavy (non-hydrogen) atoms. The van der Waals surface area contributed by atoms with Crippen LogP contribution in [0.15, 0.2) is 12.2 Å². The van der Waals surface area contributed by atoms with Gasteiger partial charge in [-0.25, -0.2) is 4.39 Å². The molecular weight excluding hydrogens is 178 g/mol. The molecule has 0 saturated heterocycles. The summed E-state index contributed by atoms with van der Waals surface area (Å²) < 4.78 is 17.1. The van der Waals surface area contributed by atoms with E-state index in [1.807, 2.05) is 0 Å². The molecule has 0 spiro atoms. The van der Waals surface area contributed by atoms with Gasteiger partial charge >= 0.3 is 0 Å². The van der Waals surface area contributed by atoms with E-state index in [1.54, 1.807) is 0 Å². The van der Waals surface area contributed by atoms with E-state index in [0.29, 0.717) is 0 Å². The van der Waals surface area contributed by atoms with Crippen molar-refractivity contribution >= 4 is 0 Å². The van der Waals surface area contributed by atoms with Gasteiger partial charge in [0.25, 0.3) is 0 Å². The lowest BCUT2D eigenvalue weighted by atomic mass is 10.1. The average Bonchev–Trinajstić information content (AvgIpc) is 2.76. The van der Waals surface area contributed by atoms with Gasteiger partial charge in [-0.05, 0) is 43.4 Å². The SMILES string of the molecule is [18F]CCOCC1[C@H]2CC/C=C/CC[C@@H]12. The molecule has 0 aliphatic heterocycles. The fourth-order valence-electron chi connectivity index (χ4n) is 2.71. The molecule has 0 aromatic heterocycles. The van der Waals surface area contributed by atoms with E-state index >= 15 is 0 Å². The summed E-state index contributed by atoms with van der Waals surface area (Å²) >= 11 is 0. The molecule has 0 heterocycles. The molecule has 0 amide bonds. The number of hydrogen-bond acceptors (Lipinski definition) is 1. The van der Waals surface area contributed by atoms with Gasteiger partial charge in [-0.1, -0.05) is 12.2 Å². The van der Waals surface area contributed by atoms with Gasteiger partial charge in [-0.15, -0.1) is 0 Å². The first-order valence-corrected chi connectivity index (χ1v) is 5.72. The Hall–Kier alpha value is -0.370. The Labute approximate surface area is 85.3 Å². The van der Waals surface area contributed by atoms with Crippen molar-refractivity contribution in [3.8, 4) is 0 Å². The van der Waals surface area contributed by atoms with Crippen LogP contribution in [-0.4, -0.2) is 19.9 Å². The van der Waals surface area contributed by atoms with Crippen LogP contribution >= 0.6 is 0 Å². The summed E-state index contributed by atoms with van der Waals surface area (Å²) in [6, 6.07) is 0. The number of ether oxygens (including phenoxy) is 1. The van der Waals surface area contributed by atoms with Crippen LogP contribution in [0.2, 0.25) is 0 Å². The van der Waals surface area contributed by atoms with Gasteiger partial charge in [0.05, 0.1) is 13.2 Å². The number of allylic oxidation sites excluding steroid dienone is 2. The second-order valence-corrected chi connectivity index (χ2v) is 4.38. The monoisotopic (exact) mass is 197 g/mol. The molecule has 0 aromatic carbocycles. The molecule has 0 radical (unpaired) electrons. The van der Waals surface area contributed by atoms with Crippen molar-refractivity contribution in [3.05, 3.63) is 12.2 Å². The predicted molar refractivity (Wildman–Crippen MR) is 54.9 cm³/mol. The van der Waals surface area contributed by atoms with Gasteiger partial charge in [-0.2, -0.15) is 0 Å². The molecule has 2 aliphatic carbocycles. The molecule has 0 N–H and O–H groups in total. The lowest BCUT2D eigenvalue weighted by Gasteiger charge is -1.99. The number of alkyl halides is 1. The Kier molecular flexibility index (Phi) is 3.57. The van der Waals surface area contributed by atoms with E-state index in [9.17, 15) is 4.39 Å². The third kappa shape index (κ3) is 2.35. The zero-order valence-electron chi connectivity index (χ0n) is 8.62. The molecular formula is C12H19FO. The van der Waals surface area contributed by atoms with E-state index in [0.717, 1.165) is 24.4 Å². The van der Waals surface area contributed by atoms with Crippen LogP contribution in [0.25, 0.3) is 0 Å². The van der Waals surface area contributed by atoms with Crippen LogP contribution in [0.1, 0.15) is 25.7 Å². The molecule has 2 aliphatic rings. The molecule has 1 saturated carbocycles. The summed E-state index contributed by atoms with van der Waals surface area (Å²) in [5.41, 5.74) is 0. The van der Waals surface area contributed by atoms with Crippen molar-refractivity contribution < 1.29 is 9.13 Å². The van der Waals surface area contributed by atoms with Crippen molar-refractivity contribution in [2.75, 3.05) is 19.9 Å². The second kappa shape index (κ2) is 4.92. The van der Waals surface area contributed by atoms with Crippen molar-refractivity contribution in [2.45, 2.75) is 25.7 Å². The summed E-state index contributed by atoms with van der Waals surface area (Å²) in [7, 11) is 0. The van der Waals surface area contributed by atoms with E-state index in [2.05, 4.69) is 12.2 Å². The van der Waals surface area contributed by atoms with Gasteiger partial charge in [0.1, 0.15) is 6.67 Å². The quantitative estimate of drug-likeness (QED) is 0.497. The van der Waals surface area contributed by atoms with Gasteiger partial charge in [-0.3, -0.25) is 0 Å². The molecule has 3 atom stereocenters. The standard InChI is InChI=1S/C12H19FO/c13-7-8-14-9-12-10-5-3-1-2-4-6-11(10)12/h1-2,10-12H,3-9H2/b2-1+/t10-,11+,12?/i13-1. The van der Waals surface area contributed by atoms with E-state index in [-0.39, 0.29) is 13.3 Å². The van der Waals surface area contributed by atoms with Gasteiger partial charge in [0.2, 0.25) is 0 Å². The Morgan fingerprint density at radius 2 is 1.79 bits per heavy atom. The van der Waals surface area contributed by atoms with Crippen LogP contribution in [0.4, 0.5) is 4.39 Å². The second-order valence-electron chi connectivity index (χ2n) is 4.38. The smallest absolute Gasteiger partial charge is 0.113 e. The highest BCUT2D eigenvalue weighted by atomic mass is 18.2. The van der Waals surface area contributed by atoms with E-state index < -0.39 is 0 Å². The minimum absolute atomic E-state index is 0.286. The predicted octanol–water partition coefficient (Wildman–Crippen LogP) is 2.96. The van der Waals surface area contributed by atoms with Crippen LogP contribution in [0, 0.1) is 17.8 Å². The van der Waals surface area contributed by atoms with Crippen LogP contribution in [0.3, 0.4) is 0 Å². The first-order chi connectivity index (χ1) is 6.93. The maximum atomic E-state index is 11.8. The summed E-state index contributed by atoms with van der Waals surface area (Å²) in [5, 5.41) is 0. The van der Waals surface area contributed by atoms with Crippen molar-refractivity contribution in [1.29, 1.82) is 0 Å². The summed E-state index contributed by atoms with van der Waals surface area (Å²) in [6.07, 6.45) is 9.67. The largest absolute Gasteiger partial charge is 0.378 e. The topological polar surface area (TPSA) is 9.23 Å². The molecule has 2 heteroatoms. The van der Waals surface area contributed by atoms with Crippen LogP contribution in [-0.2, 0) is 4.74 Å². The summed E-state index contributed by atoms with van der Waals surface area (Å²) in [5.74, 6) is 2.49. The fourth-order valence-corrected chi connectivity index (χ4v) is 2.71. The summed E-state index contributed by atoms with van der Waals surface area (Å²) in [6.45, 7) is 0.733. The molecule has 1 unspecified atom stereocenters. The van der Waals surface area contributed by atoms with Crippen molar-refractivity contribution in [3.63, 3.8) is 0 Å². The van der Waals surface area contributed by atoms with Crippen molar-refractivity contribution in [2.24, 2.45) is 17.8 Å². The highest BCUT2D eigenvalue weighted by Crippen LogP contribution is 2.52. The molecule has 0 aromatic rings. The minimum atomic E-state index is -0.344. The highest BCUT2D eigenvalue weighted by molar-refractivity contribution is 5.01. The lowest BCUT2D eigenvalue weighted by molar-refractivity contribution is 0.104. The highest BCUT2D eigenvalue weighted by Gasteiger charge is 2.48. The number of fused-ring (bicyclic) bond motifs is 1. The zero-order chi connectivity index (χ0) is 9.80. The molecule has 1 fully saturated rings. The van der Waals surface area contributed by atoms with Crippen LogP contribution < -0.4 is 0 Å². The normalized spacial score (nSPS) is 38.2.